The summed E-state index contributed by atoms with van der Waals surface area (Å²) in [5.74, 6) is 1.33. The first-order chi connectivity index (χ1) is 10.3. The van der Waals surface area contributed by atoms with Gasteiger partial charge in [-0.3, -0.25) is 4.98 Å². The molecular formula is C15H19N5O. The van der Waals surface area contributed by atoms with E-state index in [4.69, 9.17) is 5.73 Å². The van der Waals surface area contributed by atoms with Crippen molar-refractivity contribution in [3.8, 4) is 11.3 Å². The monoisotopic (exact) mass is 285 g/mol. The van der Waals surface area contributed by atoms with Gasteiger partial charge in [0, 0.05) is 25.0 Å². The molecule has 0 aliphatic heterocycles. The van der Waals surface area contributed by atoms with E-state index in [1.54, 1.807) is 12.4 Å². The zero-order chi connectivity index (χ0) is 14.7. The Balaban J connectivity index is 1.86. The molecule has 2 atom stereocenters. The fourth-order valence-corrected chi connectivity index (χ4v) is 2.78. The lowest BCUT2D eigenvalue weighted by molar-refractivity contribution is 0.229. The molecule has 0 saturated heterocycles. The number of nitrogens with zero attached hydrogens (tertiary/aromatic N) is 3. The Bertz CT molecular complexity index is 604. The first-order valence-electron chi connectivity index (χ1n) is 7.17. The first-order valence-corrected chi connectivity index (χ1v) is 7.17. The predicted molar refractivity (Wildman–Crippen MR) is 81.5 cm³/mol. The highest BCUT2D eigenvalue weighted by Gasteiger charge is 2.25. The van der Waals surface area contributed by atoms with Crippen LogP contribution in [0.3, 0.4) is 0 Å². The molecule has 6 heteroatoms. The van der Waals surface area contributed by atoms with Gasteiger partial charge in [-0.15, -0.1) is 0 Å². The molecule has 0 aromatic carbocycles. The molecule has 2 aromatic heterocycles. The Labute approximate surface area is 123 Å². The lowest BCUT2D eigenvalue weighted by Crippen LogP contribution is -2.18. The second-order valence-corrected chi connectivity index (χ2v) is 5.41. The van der Waals surface area contributed by atoms with Gasteiger partial charge >= 0.3 is 0 Å². The molecule has 0 radical (unpaired) electrons. The molecule has 1 fully saturated rings. The van der Waals surface area contributed by atoms with Gasteiger partial charge in [-0.05, 0) is 37.3 Å². The lowest BCUT2D eigenvalue weighted by Gasteiger charge is -2.16. The van der Waals surface area contributed by atoms with Gasteiger partial charge in [0.05, 0.1) is 11.3 Å². The number of rotatable bonds is 4. The number of anilines is 2. The zero-order valence-electron chi connectivity index (χ0n) is 11.7. The van der Waals surface area contributed by atoms with Crippen LogP contribution in [-0.2, 0) is 0 Å². The van der Waals surface area contributed by atoms with Crippen LogP contribution in [0.2, 0.25) is 0 Å². The van der Waals surface area contributed by atoms with Gasteiger partial charge in [0.1, 0.15) is 5.82 Å². The molecule has 1 aliphatic carbocycles. The minimum Gasteiger partial charge on any atom is -0.396 e. The molecule has 2 unspecified atom stereocenters. The number of nitrogen functional groups attached to an aromatic ring is 1. The van der Waals surface area contributed by atoms with Crippen molar-refractivity contribution in [2.24, 2.45) is 5.92 Å². The number of aliphatic hydroxyl groups is 1. The maximum atomic E-state index is 9.24. The van der Waals surface area contributed by atoms with Crippen LogP contribution in [0.15, 0.2) is 30.6 Å². The van der Waals surface area contributed by atoms with Crippen molar-refractivity contribution in [2.75, 3.05) is 17.7 Å². The third-order valence-electron chi connectivity index (χ3n) is 3.89. The highest BCUT2D eigenvalue weighted by Crippen LogP contribution is 2.30. The van der Waals surface area contributed by atoms with Crippen molar-refractivity contribution >= 4 is 11.8 Å². The summed E-state index contributed by atoms with van der Waals surface area (Å²) in [5, 5.41) is 12.7. The summed E-state index contributed by atoms with van der Waals surface area (Å²) in [6.07, 6.45) is 6.45. The van der Waals surface area contributed by atoms with E-state index in [-0.39, 0.29) is 12.6 Å². The largest absolute Gasteiger partial charge is 0.396 e. The maximum absolute atomic E-state index is 9.24. The Morgan fingerprint density at radius 1 is 1.29 bits per heavy atom. The molecule has 21 heavy (non-hydrogen) atoms. The summed E-state index contributed by atoms with van der Waals surface area (Å²) >= 11 is 0. The van der Waals surface area contributed by atoms with Gasteiger partial charge in [0.15, 0.2) is 0 Å². The second kappa shape index (κ2) is 6.05. The molecule has 2 heterocycles. The summed E-state index contributed by atoms with van der Waals surface area (Å²) in [7, 11) is 0. The molecule has 4 N–H and O–H groups in total. The SMILES string of the molecule is Nc1ncc(-c2ccccn2)c(NC2CCC(CO)C2)n1. The van der Waals surface area contributed by atoms with Crippen LogP contribution in [0.1, 0.15) is 19.3 Å². The van der Waals surface area contributed by atoms with Gasteiger partial charge < -0.3 is 16.2 Å². The average Bonchev–Trinajstić information content (AvgIpc) is 2.96. The molecule has 0 spiro atoms. The van der Waals surface area contributed by atoms with E-state index in [2.05, 4.69) is 20.3 Å². The first kappa shape index (κ1) is 13.8. The Morgan fingerprint density at radius 2 is 2.19 bits per heavy atom. The molecule has 6 nitrogen and oxygen atoms in total. The van der Waals surface area contributed by atoms with E-state index >= 15 is 0 Å². The minimum absolute atomic E-state index is 0.244. The smallest absolute Gasteiger partial charge is 0.221 e. The summed E-state index contributed by atoms with van der Waals surface area (Å²) in [6, 6.07) is 6.03. The molecule has 1 saturated carbocycles. The van der Waals surface area contributed by atoms with Crippen LogP contribution in [0, 0.1) is 5.92 Å². The predicted octanol–water partition coefficient (Wildman–Crippen LogP) is 1.69. The summed E-state index contributed by atoms with van der Waals surface area (Å²) in [4.78, 5) is 12.7. The van der Waals surface area contributed by atoms with Crippen molar-refractivity contribution in [1.29, 1.82) is 0 Å². The molecule has 2 aromatic rings. The van der Waals surface area contributed by atoms with Gasteiger partial charge in [-0.2, -0.15) is 4.98 Å². The standard InChI is InChI=1S/C15H19N5O/c16-15-18-8-12(13-3-1-2-6-17-13)14(20-15)19-11-5-4-10(7-11)9-21/h1-3,6,8,10-11,21H,4-5,7,9H2,(H3,16,18,19,20). The van der Waals surface area contributed by atoms with Crippen molar-refractivity contribution in [3.63, 3.8) is 0 Å². The molecular weight excluding hydrogens is 266 g/mol. The van der Waals surface area contributed by atoms with Crippen LogP contribution < -0.4 is 11.1 Å². The number of hydrogen-bond donors (Lipinski definition) is 3. The number of hydrogen-bond acceptors (Lipinski definition) is 6. The third kappa shape index (κ3) is 3.11. The van der Waals surface area contributed by atoms with Crippen molar-refractivity contribution in [1.82, 2.24) is 15.0 Å². The van der Waals surface area contributed by atoms with E-state index in [1.807, 2.05) is 18.2 Å². The molecule has 110 valence electrons. The Morgan fingerprint density at radius 3 is 2.90 bits per heavy atom. The normalized spacial score (nSPS) is 21.4. The lowest BCUT2D eigenvalue weighted by atomic mass is 10.1. The maximum Gasteiger partial charge on any atom is 0.221 e. The molecule has 0 bridgehead atoms. The highest BCUT2D eigenvalue weighted by molar-refractivity contribution is 5.72. The Hall–Kier alpha value is -2.21. The van der Waals surface area contributed by atoms with Gasteiger partial charge in [0.2, 0.25) is 5.95 Å². The number of pyridine rings is 1. The minimum atomic E-state index is 0.244. The van der Waals surface area contributed by atoms with E-state index in [9.17, 15) is 5.11 Å². The Kier molecular flexibility index (Phi) is 3.96. The van der Waals surface area contributed by atoms with E-state index in [0.29, 0.717) is 17.8 Å². The topological polar surface area (TPSA) is 97.0 Å². The number of nitrogens with one attached hydrogen (secondary N) is 1. The average molecular weight is 285 g/mol. The van der Waals surface area contributed by atoms with Gasteiger partial charge in [-0.1, -0.05) is 6.07 Å². The van der Waals surface area contributed by atoms with Crippen molar-refractivity contribution in [2.45, 2.75) is 25.3 Å². The van der Waals surface area contributed by atoms with E-state index in [1.165, 1.54) is 0 Å². The quantitative estimate of drug-likeness (QED) is 0.791. The summed E-state index contributed by atoms with van der Waals surface area (Å²) in [5.41, 5.74) is 7.37. The van der Waals surface area contributed by atoms with Crippen LogP contribution in [0.4, 0.5) is 11.8 Å². The molecule has 3 rings (SSSR count). The zero-order valence-corrected chi connectivity index (χ0v) is 11.7. The van der Waals surface area contributed by atoms with Crippen LogP contribution in [-0.4, -0.2) is 32.7 Å². The van der Waals surface area contributed by atoms with E-state index in [0.717, 1.165) is 30.5 Å². The van der Waals surface area contributed by atoms with Gasteiger partial charge in [0.25, 0.3) is 0 Å². The molecule has 0 amide bonds. The van der Waals surface area contributed by atoms with Crippen molar-refractivity contribution in [3.05, 3.63) is 30.6 Å². The van der Waals surface area contributed by atoms with Crippen molar-refractivity contribution < 1.29 is 5.11 Å². The highest BCUT2D eigenvalue weighted by atomic mass is 16.3. The van der Waals surface area contributed by atoms with Crippen LogP contribution in [0.25, 0.3) is 11.3 Å². The van der Waals surface area contributed by atoms with Crippen LogP contribution in [0.5, 0.6) is 0 Å². The number of aliphatic hydroxyl groups excluding tert-OH is 1. The molecule has 1 aliphatic rings. The fourth-order valence-electron chi connectivity index (χ4n) is 2.78. The number of nitrogens with two attached hydrogens (primary N) is 1. The second-order valence-electron chi connectivity index (χ2n) is 5.41. The van der Waals surface area contributed by atoms with Crippen LogP contribution >= 0.6 is 0 Å². The van der Waals surface area contributed by atoms with Gasteiger partial charge in [-0.25, -0.2) is 4.98 Å². The summed E-state index contributed by atoms with van der Waals surface area (Å²) < 4.78 is 0. The third-order valence-corrected chi connectivity index (χ3v) is 3.89. The summed E-state index contributed by atoms with van der Waals surface area (Å²) in [6.45, 7) is 0.247. The fraction of sp³-hybridized carbons (Fsp3) is 0.400. The number of aromatic nitrogens is 3. The van der Waals surface area contributed by atoms with E-state index < -0.39 is 0 Å².